The van der Waals surface area contributed by atoms with E-state index < -0.39 is 0 Å². The summed E-state index contributed by atoms with van der Waals surface area (Å²) in [7, 11) is 0. The van der Waals surface area contributed by atoms with Crippen molar-refractivity contribution in [1.29, 1.82) is 0 Å². The topological polar surface area (TPSA) is 82.6 Å². The van der Waals surface area contributed by atoms with Crippen LogP contribution in [0.3, 0.4) is 0 Å². The van der Waals surface area contributed by atoms with Crippen molar-refractivity contribution in [1.82, 2.24) is 14.7 Å². The maximum absolute atomic E-state index is 13.5. The van der Waals surface area contributed by atoms with Crippen LogP contribution in [0.5, 0.6) is 11.5 Å². The molecule has 0 aromatic heterocycles. The Bertz CT molecular complexity index is 1150. The van der Waals surface area contributed by atoms with E-state index in [1.807, 2.05) is 40.1 Å². The molecule has 3 aliphatic rings. The summed E-state index contributed by atoms with van der Waals surface area (Å²) in [5, 5.41) is 9.22. The third kappa shape index (κ3) is 6.39. The van der Waals surface area contributed by atoms with E-state index in [2.05, 4.69) is 24.0 Å². The summed E-state index contributed by atoms with van der Waals surface area (Å²) in [6.07, 6.45) is 5.29. The summed E-state index contributed by atoms with van der Waals surface area (Å²) >= 11 is 0. The van der Waals surface area contributed by atoms with E-state index in [1.54, 1.807) is 0 Å². The largest absolute Gasteiger partial charge is 0.454 e. The first-order valence-corrected chi connectivity index (χ1v) is 14.5. The maximum Gasteiger partial charge on any atom is 0.254 e. The molecule has 0 saturated carbocycles. The summed E-state index contributed by atoms with van der Waals surface area (Å²) in [6, 6.07) is 14.2. The molecule has 8 heteroatoms. The Morgan fingerprint density at radius 2 is 1.90 bits per heavy atom. The first-order valence-electron chi connectivity index (χ1n) is 14.5. The lowest BCUT2D eigenvalue weighted by Gasteiger charge is -2.29. The molecule has 2 atom stereocenters. The lowest BCUT2D eigenvalue weighted by atomic mass is 9.95. The predicted molar refractivity (Wildman–Crippen MR) is 149 cm³/mol. The number of unbranched alkanes of at least 4 members (excludes halogenated alkanes) is 2. The molecule has 0 spiro atoms. The highest BCUT2D eigenvalue weighted by Gasteiger charge is 2.36. The molecule has 39 heavy (non-hydrogen) atoms. The number of nitrogens with zero attached hydrogens (tertiary/aromatic N) is 3. The number of carbonyl (C=O) groups is 2. The molecule has 3 heterocycles. The molecule has 0 unspecified atom stereocenters. The van der Waals surface area contributed by atoms with Crippen LogP contribution in [-0.4, -0.2) is 83.8 Å². The van der Waals surface area contributed by atoms with Crippen molar-refractivity contribution in [2.24, 2.45) is 0 Å². The van der Waals surface area contributed by atoms with Gasteiger partial charge in [-0.15, -0.1) is 0 Å². The minimum atomic E-state index is 0.105. The zero-order chi connectivity index (χ0) is 27.2. The van der Waals surface area contributed by atoms with Gasteiger partial charge < -0.3 is 24.4 Å². The van der Waals surface area contributed by atoms with Crippen LogP contribution in [-0.2, 0) is 11.3 Å². The number of ether oxygens (including phenoxy) is 2. The van der Waals surface area contributed by atoms with Crippen LogP contribution in [0.15, 0.2) is 42.5 Å². The molecule has 1 saturated heterocycles. The van der Waals surface area contributed by atoms with E-state index in [9.17, 15) is 14.7 Å². The van der Waals surface area contributed by atoms with Crippen LogP contribution in [0.4, 0.5) is 0 Å². The highest BCUT2D eigenvalue weighted by Crippen LogP contribution is 2.39. The number of hydrogen-bond donors (Lipinski definition) is 1. The van der Waals surface area contributed by atoms with Crippen molar-refractivity contribution < 1.29 is 24.2 Å². The average Bonchev–Trinajstić information content (AvgIpc) is 3.66. The molecular formula is C31H41N3O5. The monoisotopic (exact) mass is 535 g/mol. The number of aliphatic hydroxyl groups is 1. The number of amides is 2. The quantitative estimate of drug-likeness (QED) is 0.390. The van der Waals surface area contributed by atoms with Gasteiger partial charge in [-0.2, -0.15) is 0 Å². The summed E-state index contributed by atoms with van der Waals surface area (Å²) < 4.78 is 11.1. The summed E-state index contributed by atoms with van der Waals surface area (Å²) in [4.78, 5) is 32.8. The van der Waals surface area contributed by atoms with Gasteiger partial charge in [-0.3, -0.25) is 14.5 Å². The molecule has 2 amide bonds. The van der Waals surface area contributed by atoms with E-state index in [0.29, 0.717) is 32.6 Å². The van der Waals surface area contributed by atoms with Gasteiger partial charge in [0.2, 0.25) is 12.7 Å². The third-order valence-corrected chi connectivity index (χ3v) is 8.33. The Hall–Kier alpha value is -3.10. The Kier molecular flexibility index (Phi) is 9.04. The van der Waals surface area contributed by atoms with Crippen molar-refractivity contribution in [3.05, 3.63) is 59.2 Å². The van der Waals surface area contributed by atoms with Gasteiger partial charge in [-0.25, -0.2) is 0 Å². The van der Waals surface area contributed by atoms with Crippen molar-refractivity contribution in [3.63, 3.8) is 0 Å². The Morgan fingerprint density at radius 3 is 2.72 bits per heavy atom. The number of fused-ring (bicyclic) bond motifs is 2. The second-order valence-corrected chi connectivity index (χ2v) is 11.0. The number of likely N-dealkylation sites (tertiary alicyclic amines) is 1. The minimum absolute atomic E-state index is 0.105. The first-order chi connectivity index (χ1) is 19.1. The Morgan fingerprint density at radius 1 is 1.08 bits per heavy atom. The smallest absolute Gasteiger partial charge is 0.254 e. The standard InChI is InChI=1S/C31H41N3O5/c1-2-3-13-32(14-6-7-16-35)30(36)21-34-20-25(23-10-11-28-29(18-23)39-22-38-28)17-26(34)12-15-33-19-24-8-4-5-9-27(24)31(33)37/h4-5,8-11,18,25-26,35H,2-3,6-7,12-17,19-22H2,1H3/t25-,26+/m1/s1. The van der Waals surface area contributed by atoms with Crippen LogP contribution >= 0.6 is 0 Å². The van der Waals surface area contributed by atoms with Crippen molar-refractivity contribution in [2.45, 2.75) is 64.0 Å². The lowest BCUT2D eigenvalue weighted by Crippen LogP contribution is -2.44. The normalized spacial score (nSPS) is 20.1. The highest BCUT2D eigenvalue weighted by atomic mass is 16.7. The summed E-state index contributed by atoms with van der Waals surface area (Å²) in [6.45, 7) is 6.49. The molecule has 0 aliphatic carbocycles. The van der Waals surface area contributed by atoms with Crippen molar-refractivity contribution in [3.8, 4) is 11.5 Å². The van der Waals surface area contributed by atoms with Crippen molar-refractivity contribution in [2.75, 3.05) is 46.1 Å². The van der Waals surface area contributed by atoms with Crippen LogP contribution in [0, 0.1) is 0 Å². The number of rotatable bonds is 13. The van der Waals surface area contributed by atoms with E-state index in [-0.39, 0.29) is 37.2 Å². The molecule has 2 aromatic rings. The van der Waals surface area contributed by atoms with E-state index in [1.165, 1.54) is 5.56 Å². The van der Waals surface area contributed by atoms with Gasteiger partial charge in [0.15, 0.2) is 11.5 Å². The minimum Gasteiger partial charge on any atom is -0.454 e. The van der Waals surface area contributed by atoms with Gasteiger partial charge in [-0.1, -0.05) is 37.6 Å². The van der Waals surface area contributed by atoms with Gasteiger partial charge in [-0.05, 0) is 67.3 Å². The van der Waals surface area contributed by atoms with Crippen LogP contribution in [0.1, 0.15) is 72.9 Å². The van der Waals surface area contributed by atoms with E-state index >= 15 is 0 Å². The van der Waals surface area contributed by atoms with Crippen molar-refractivity contribution >= 4 is 11.8 Å². The summed E-state index contributed by atoms with van der Waals surface area (Å²) in [5.41, 5.74) is 3.10. The molecule has 5 rings (SSSR count). The van der Waals surface area contributed by atoms with Gasteiger partial charge in [0.1, 0.15) is 0 Å². The molecule has 1 N–H and O–H groups in total. The fourth-order valence-electron chi connectivity index (χ4n) is 6.09. The fraction of sp³-hybridized carbons (Fsp3) is 0.548. The van der Waals surface area contributed by atoms with Gasteiger partial charge in [0.05, 0.1) is 6.54 Å². The Balaban J connectivity index is 1.28. The number of benzene rings is 2. The average molecular weight is 536 g/mol. The number of hydrogen-bond acceptors (Lipinski definition) is 6. The van der Waals surface area contributed by atoms with E-state index in [4.69, 9.17) is 9.47 Å². The fourth-order valence-corrected chi connectivity index (χ4v) is 6.09. The molecule has 2 aromatic carbocycles. The molecule has 210 valence electrons. The summed E-state index contributed by atoms with van der Waals surface area (Å²) in [5.74, 6) is 2.10. The number of carbonyl (C=O) groups excluding carboxylic acids is 2. The second kappa shape index (κ2) is 12.8. The third-order valence-electron chi connectivity index (χ3n) is 8.33. The van der Waals surface area contributed by atoms with Crippen LogP contribution < -0.4 is 9.47 Å². The van der Waals surface area contributed by atoms with Crippen LogP contribution in [0.25, 0.3) is 0 Å². The molecular weight excluding hydrogens is 494 g/mol. The maximum atomic E-state index is 13.5. The zero-order valence-electron chi connectivity index (χ0n) is 23.0. The zero-order valence-corrected chi connectivity index (χ0v) is 23.0. The van der Waals surface area contributed by atoms with E-state index in [0.717, 1.165) is 67.8 Å². The first kappa shape index (κ1) is 27.5. The predicted octanol–water partition coefficient (Wildman–Crippen LogP) is 4.02. The second-order valence-electron chi connectivity index (χ2n) is 11.0. The van der Waals surface area contributed by atoms with Gasteiger partial charge in [0, 0.05) is 50.9 Å². The molecule has 3 aliphatic heterocycles. The lowest BCUT2D eigenvalue weighted by molar-refractivity contribution is -0.133. The highest BCUT2D eigenvalue weighted by molar-refractivity contribution is 5.98. The molecule has 0 bridgehead atoms. The SMILES string of the molecule is CCCCN(CCCCO)C(=O)CN1C[C@H](c2ccc3c(c2)OCO3)C[C@@H]1CCN1Cc2ccccc2C1=O. The molecule has 8 nitrogen and oxygen atoms in total. The van der Waals surface area contributed by atoms with Gasteiger partial charge in [0.25, 0.3) is 5.91 Å². The Labute approximate surface area is 231 Å². The number of aliphatic hydroxyl groups excluding tert-OH is 1. The molecule has 0 radical (unpaired) electrons. The van der Waals surface area contributed by atoms with Gasteiger partial charge >= 0.3 is 0 Å². The molecule has 1 fully saturated rings. The van der Waals surface area contributed by atoms with Crippen LogP contribution in [0.2, 0.25) is 0 Å².